The molecule has 110 heavy (non-hydrogen) atoms. The summed E-state index contributed by atoms with van der Waals surface area (Å²) in [4.78, 5) is 5.28. The Morgan fingerprint density at radius 1 is 0.191 bits per heavy atom. The van der Waals surface area contributed by atoms with Crippen molar-refractivity contribution in [1.82, 2.24) is 13.7 Å². The van der Waals surface area contributed by atoms with Gasteiger partial charge in [0.25, 0.3) is 0 Å². The van der Waals surface area contributed by atoms with Crippen LogP contribution in [0.25, 0.3) is 149 Å². The molecule has 512 valence electrons. The Morgan fingerprint density at radius 3 is 1.10 bits per heavy atom. The van der Waals surface area contributed by atoms with Gasteiger partial charge < -0.3 is 18.1 Å². The molecule has 2 aliphatic carbocycles. The van der Waals surface area contributed by atoms with Crippen molar-refractivity contribution in [3.05, 3.63) is 427 Å². The third kappa shape index (κ3) is 8.60. The first-order chi connectivity index (χ1) is 54.5. The van der Waals surface area contributed by atoms with E-state index >= 15 is 0 Å². The molecule has 25 rings (SSSR count). The van der Waals surface area contributed by atoms with Crippen LogP contribution in [0.5, 0.6) is 0 Å². The van der Waals surface area contributed by atoms with E-state index in [0.29, 0.717) is 0 Å². The zero-order valence-corrected chi connectivity index (χ0v) is 61.1. The minimum atomic E-state index is -0.434. The summed E-state index contributed by atoms with van der Waals surface area (Å²) in [6.45, 7) is 0. The van der Waals surface area contributed by atoms with Gasteiger partial charge in [-0.15, -0.1) is 0 Å². The zero-order valence-electron chi connectivity index (χ0n) is 59.4. The van der Waals surface area contributed by atoms with Crippen LogP contribution in [0.3, 0.4) is 0 Å². The first kappa shape index (κ1) is 61.8. The minimum absolute atomic E-state index is 0.417. The average Bonchev–Trinajstić information content (AvgIpc) is 1.50. The summed E-state index contributed by atoms with van der Waals surface area (Å²) in [6.07, 6.45) is 0. The topological polar surface area (TPSA) is 27.9 Å². The predicted molar refractivity (Wildman–Crippen MR) is 457 cm³/mol. The number of hydrogen-bond donors (Lipinski definition) is 0. The smallest absolute Gasteiger partial charge is 0.135 e. The van der Waals surface area contributed by atoms with Crippen LogP contribution in [0.1, 0.15) is 44.5 Å². The SMILES string of the molecule is c1ccc(-n2c3ccccc3c3cc(-c4cccc(-n5c6ccccc6c6cc7c(cc65)C5(c6ccccc6Sc6ccccc65)c5ccccc5-7)c4)ccc32)cc1.c1ccc2c(c1)Sc1ccccc1C21c2ccccc2-c2cc3c4ccccc4n(-c4ccc(-c5ccc6oc7ccccc7c6c5)cc4)c3cc21. The Balaban J connectivity index is 0.000000129. The van der Waals surface area contributed by atoms with Gasteiger partial charge in [-0.25, -0.2) is 0 Å². The van der Waals surface area contributed by atoms with Gasteiger partial charge in [0.15, 0.2) is 0 Å². The highest BCUT2D eigenvalue weighted by atomic mass is 32.2. The summed E-state index contributed by atoms with van der Waals surface area (Å²) in [5.41, 5.74) is 32.6. The standard InChI is InChI=1S/C55H34N2S.C49H29NOS/c1-2-16-37(17-3-1)56-49-25-10-5-20-40(49)43-32-36(29-30-51(43)56)35-15-14-18-38(31-35)57-50-26-11-6-21-41(50)44-33-42-39-19-4-7-22-45(39)55(48(42)34-52(44)57)46-23-8-12-27-53(46)58-54-28-13-9-24-47(54)55;1-4-14-39-33(11-1)36-28-37-34-12-2-7-17-43(34)50(32-24-21-30(22-25-32)31-23-26-46-38(27-31)35-13-3-8-18-45(35)51-46)44(37)29-42(36)49(39)40-15-5-9-19-47(40)52-48-20-10-6-16-41(48)49/h1-34H;1-29H. The Morgan fingerprint density at radius 2 is 0.555 bits per heavy atom. The lowest BCUT2D eigenvalue weighted by molar-refractivity contribution is 0.669. The Hall–Kier alpha value is -13.4. The number of hydrogen-bond acceptors (Lipinski definition) is 3. The van der Waals surface area contributed by atoms with Gasteiger partial charge in [-0.2, -0.15) is 0 Å². The monoisotopic (exact) mass is 1430 g/mol. The van der Waals surface area contributed by atoms with E-state index in [1.54, 1.807) is 0 Å². The zero-order chi connectivity index (χ0) is 71.9. The molecule has 0 fully saturated rings. The molecule has 4 nitrogen and oxygen atoms in total. The number of rotatable bonds is 5. The van der Waals surface area contributed by atoms with E-state index < -0.39 is 10.8 Å². The molecule has 0 saturated heterocycles. The van der Waals surface area contributed by atoms with E-state index in [0.717, 1.165) is 33.3 Å². The molecule has 21 aromatic rings. The number of aromatic nitrogens is 3. The molecule has 0 bridgehead atoms. The van der Waals surface area contributed by atoms with Crippen LogP contribution in [0.2, 0.25) is 0 Å². The van der Waals surface area contributed by atoms with Gasteiger partial charge in [0.05, 0.1) is 43.9 Å². The van der Waals surface area contributed by atoms with Crippen molar-refractivity contribution < 1.29 is 4.42 Å². The van der Waals surface area contributed by atoms with Gasteiger partial charge in [0.2, 0.25) is 0 Å². The van der Waals surface area contributed by atoms with Crippen molar-refractivity contribution in [2.75, 3.05) is 0 Å². The van der Waals surface area contributed by atoms with Gasteiger partial charge in [0, 0.05) is 79.7 Å². The van der Waals surface area contributed by atoms with Crippen LogP contribution in [0, 0.1) is 0 Å². The predicted octanol–water partition coefficient (Wildman–Crippen LogP) is 27.6. The molecule has 4 aliphatic rings. The number of nitrogens with zero attached hydrogens (tertiary/aromatic N) is 3. The van der Waals surface area contributed by atoms with Gasteiger partial charge in [0.1, 0.15) is 11.2 Å². The van der Waals surface area contributed by atoms with E-state index in [1.807, 2.05) is 35.7 Å². The summed E-state index contributed by atoms with van der Waals surface area (Å²) < 4.78 is 13.5. The molecule has 6 heterocycles. The van der Waals surface area contributed by atoms with Crippen molar-refractivity contribution >= 4 is 111 Å². The fourth-order valence-electron chi connectivity index (χ4n) is 19.7. The first-order valence-electron chi connectivity index (χ1n) is 37.8. The highest BCUT2D eigenvalue weighted by Gasteiger charge is 2.52. The lowest BCUT2D eigenvalue weighted by Gasteiger charge is -2.39. The quantitative estimate of drug-likeness (QED) is 0.172. The van der Waals surface area contributed by atoms with Crippen molar-refractivity contribution in [1.29, 1.82) is 0 Å². The first-order valence-corrected chi connectivity index (χ1v) is 39.5. The summed E-state index contributed by atoms with van der Waals surface area (Å²) >= 11 is 3.78. The molecule has 0 amide bonds. The van der Waals surface area contributed by atoms with Gasteiger partial charge in [-0.05, 0) is 222 Å². The molecule has 0 N–H and O–H groups in total. The van der Waals surface area contributed by atoms with Gasteiger partial charge in [-0.1, -0.05) is 272 Å². The molecule has 17 aromatic carbocycles. The average molecular weight is 1430 g/mol. The van der Waals surface area contributed by atoms with Crippen molar-refractivity contribution in [3.63, 3.8) is 0 Å². The second-order valence-electron chi connectivity index (χ2n) is 29.6. The van der Waals surface area contributed by atoms with E-state index in [9.17, 15) is 0 Å². The van der Waals surface area contributed by atoms with E-state index in [-0.39, 0.29) is 0 Å². The largest absolute Gasteiger partial charge is 0.456 e. The highest BCUT2D eigenvalue weighted by Crippen LogP contribution is 2.65. The summed E-state index contributed by atoms with van der Waals surface area (Å²) in [5.74, 6) is 0. The fraction of sp³-hybridized carbons (Fsp3) is 0.0192. The minimum Gasteiger partial charge on any atom is -0.456 e. The summed E-state index contributed by atoms with van der Waals surface area (Å²) in [6, 6.07) is 142. The van der Waals surface area contributed by atoms with Crippen LogP contribution in [-0.4, -0.2) is 13.7 Å². The molecule has 0 radical (unpaired) electrons. The van der Waals surface area contributed by atoms with Gasteiger partial charge in [-0.3, -0.25) is 0 Å². The second-order valence-corrected chi connectivity index (χ2v) is 31.8. The van der Waals surface area contributed by atoms with E-state index in [1.165, 1.54) is 180 Å². The van der Waals surface area contributed by atoms with Crippen LogP contribution in [0.15, 0.2) is 406 Å². The van der Waals surface area contributed by atoms with Crippen LogP contribution < -0.4 is 0 Å². The number of para-hydroxylation sites is 5. The maximum Gasteiger partial charge on any atom is 0.135 e. The Kier molecular flexibility index (Phi) is 13.2. The summed E-state index contributed by atoms with van der Waals surface area (Å²) in [7, 11) is 0. The maximum atomic E-state index is 6.12. The van der Waals surface area contributed by atoms with Crippen molar-refractivity contribution in [2.45, 2.75) is 30.4 Å². The van der Waals surface area contributed by atoms with E-state index in [4.69, 9.17) is 4.42 Å². The normalized spacial score (nSPS) is 13.7. The second kappa shape index (κ2) is 23.6. The molecule has 0 atom stereocenters. The Bertz CT molecular complexity index is 7400. The van der Waals surface area contributed by atoms with E-state index in [2.05, 4.69) is 384 Å². The lowest BCUT2D eigenvalue weighted by Crippen LogP contribution is -2.31. The van der Waals surface area contributed by atoms with Crippen LogP contribution >= 0.6 is 23.5 Å². The molecule has 0 unspecified atom stereocenters. The fourth-order valence-corrected chi connectivity index (χ4v) is 22.1. The third-order valence-corrected chi connectivity index (χ3v) is 26.5. The molecular formula is C104H63N3OS2. The number of benzene rings is 17. The molecule has 0 saturated carbocycles. The van der Waals surface area contributed by atoms with Gasteiger partial charge >= 0.3 is 0 Å². The maximum absolute atomic E-state index is 6.12. The molecule has 2 aliphatic heterocycles. The van der Waals surface area contributed by atoms with Crippen LogP contribution in [-0.2, 0) is 10.8 Å². The molecule has 6 heteroatoms. The number of fused-ring (bicyclic) bond motifs is 30. The molecular weight excluding hydrogens is 1370 g/mol. The van der Waals surface area contributed by atoms with Crippen LogP contribution in [0.4, 0.5) is 0 Å². The highest BCUT2D eigenvalue weighted by molar-refractivity contribution is 7.99. The van der Waals surface area contributed by atoms with Crippen molar-refractivity contribution in [2.24, 2.45) is 0 Å². The lowest BCUT2D eigenvalue weighted by atomic mass is 9.67. The third-order valence-electron chi connectivity index (χ3n) is 24.2. The summed E-state index contributed by atoms with van der Waals surface area (Å²) in [5, 5.41) is 9.88. The molecule has 2 spiro atoms. The Labute approximate surface area is 643 Å². The molecule has 4 aromatic heterocycles. The van der Waals surface area contributed by atoms with Crippen molar-refractivity contribution in [3.8, 4) is 61.6 Å². The number of furan rings is 1.